The maximum Gasteiger partial charge on any atom is 0.328 e. The quantitative estimate of drug-likeness (QED) is 0.253. The predicted molar refractivity (Wildman–Crippen MR) is 159 cm³/mol. The molecule has 1 aromatic rings. The summed E-state index contributed by atoms with van der Waals surface area (Å²) in [6.45, 7) is 10.2. The SMILES string of the molecule is COc1cc(N)c(Cl)cc1C(=O)N[C@@H]1CCN(CC2CCN(C(=O)C(C)(C)C)CC2)C[C@@H]1OC.O=C(O)/C=C\C(=O)O. The van der Waals surface area contributed by atoms with Crippen molar-refractivity contribution < 1.29 is 38.9 Å². The second-order valence-electron chi connectivity index (χ2n) is 11.5. The largest absolute Gasteiger partial charge is 0.496 e. The lowest BCUT2D eigenvalue weighted by Gasteiger charge is -2.41. The predicted octanol–water partition coefficient (Wildman–Crippen LogP) is 2.75. The highest BCUT2D eigenvalue weighted by Gasteiger charge is 2.34. The molecule has 0 aromatic heterocycles. The first-order chi connectivity index (χ1) is 19.7. The zero-order chi connectivity index (χ0) is 31.6. The fourth-order valence-corrected chi connectivity index (χ4v) is 5.18. The molecule has 0 radical (unpaired) electrons. The van der Waals surface area contributed by atoms with Gasteiger partial charge in [0, 0.05) is 63.5 Å². The van der Waals surface area contributed by atoms with Crippen LogP contribution in [0.5, 0.6) is 5.75 Å². The van der Waals surface area contributed by atoms with E-state index in [1.54, 1.807) is 19.2 Å². The van der Waals surface area contributed by atoms with E-state index in [2.05, 4.69) is 10.2 Å². The molecule has 0 spiro atoms. The second-order valence-corrected chi connectivity index (χ2v) is 11.9. The number of methoxy groups -OCH3 is 2. The number of nitrogens with one attached hydrogen (secondary N) is 1. The lowest BCUT2D eigenvalue weighted by molar-refractivity contribution is -0.141. The fraction of sp³-hybridized carbons (Fsp3) is 0.586. The number of nitrogen functional groups attached to an aromatic ring is 1. The zero-order valence-electron chi connectivity index (χ0n) is 24.9. The van der Waals surface area contributed by atoms with E-state index in [-0.39, 0.29) is 29.4 Å². The Labute approximate surface area is 251 Å². The first kappa shape index (κ1) is 34.8. The van der Waals surface area contributed by atoms with Crippen LogP contribution in [0.3, 0.4) is 0 Å². The Balaban J connectivity index is 0.000000675. The van der Waals surface area contributed by atoms with Crippen molar-refractivity contribution in [2.45, 2.75) is 52.2 Å². The van der Waals surface area contributed by atoms with Gasteiger partial charge in [0.15, 0.2) is 0 Å². The Kier molecular flexibility index (Phi) is 13.1. The number of nitrogens with two attached hydrogens (primary N) is 1. The summed E-state index contributed by atoms with van der Waals surface area (Å²) < 4.78 is 11.1. The van der Waals surface area contributed by atoms with Gasteiger partial charge in [-0.2, -0.15) is 0 Å². The number of likely N-dealkylation sites (tertiary alicyclic amines) is 2. The summed E-state index contributed by atoms with van der Waals surface area (Å²) in [7, 11) is 3.18. The summed E-state index contributed by atoms with van der Waals surface area (Å²) in [6, 6.07) is 2.99. The van der Waals surface area contributed by atoms with E-state index in [0.29, 0.717) is 40.1 Å². The number of piperidine rings is 2. The average molecular weight is 611 g/mol. The molecule has 0 saturated carbocycles. The van der Waals surface area contributed by atoms with Gasteiger partial charge in [-0.05, 0) is 31.2 Å². The number of carboxylic acids is 2. The van der Waals surface area contributed by atoms with Crippen LogP contribution in [-0.2, 0) is 19.1 Å². The molecule has 0 aliphatic carbocycles. The van der Waals surface area contributed by atoms with Crippen molar-refractivity contribution in [3.63, 3.8) is 0 Å². The molecule has 1 aromatic carbocycles. The molecule has 2 amide bonds. The molecule has 2 heterocycles. The summed E-state index contributed by atoms with van der Waals surface area (Å²) in [5, 5.41) is 19.0. The molecule has 3 rings (SSSR count). The van der Waals surface area contributed by atoms with Gasteiger partial charge < -0.3 is 40.5 Å². The number of ether oxygens (including phenoxy) is 2. The lowest BCUT2D eigenvalue weighted by atomic mass is 9.90. The van der Waals surface area contributed by atoms with Crippen molar-refractivity contribution in [3.8, 4) is 5.75 Å². The first-order valence-corrected chi connectivity index (χ1v) is 14.2. The molecule has 2 fully saturated rings. The first-order valence-electron chi connectivity index (χ1n) is 13.8. The highest BCUT2D eigenvalue weighted by Crippen LogP contribution is 2.30. The van der Waals surface area contributed by atoms with Gasteiger partial charge in [0.05, 0.1) is 35.5 Å². The molecule has 2 aliphatic rings. The van der Waals surface area contributed by atoms with Crippen LogP contribution in [0, 0.1) is 11.3 Å². The van der Waals surface area contributed by atoms with E-state index in [1.165, 1.54) is 7.11 Å². The third-order valence-corrected chi connectivity index (χ3v) is 7.58. The van der Waals surface area contributed by atoms with Gasteiger partial charge in [-0.1, -0.05) is 32.4 Å². The summed E-state index contributed by atoms with van der Waals surface area (Å²) >= 11 is 6.13. The van der Waals surface area contributed by atoms with Crippen molar-refractivity contribution >= 4 is 41.0 Å². The van der Waals surface area contributed by atoms with E-state index in [9.17, 15) is 19.2 Å². The van der Waals surface area contributed by atoms with Gasteiger partial charge in [0.25, 0.3) is 5.91 Å². The van der Waals surface area contributed by atoms with E-state index in [1.807, 2.05) is 25.7 Å². The number of aliphatic carboxylic acids is 2. The average Bonchev–Trinajstić information content (AvgIpc) is 2.93. The third kappa shape index (κ3) is 10.5. The number of carbonyl (C=O) groups is 4. The van der Waals surface area contributed by atoms with Gasteiger partial charge in [-0.3, -0.25) is 9.59 Å². The molecule has 2 saturated heterocycles. The van der Waals surface area contributed by atoms with Crippen LogP contribution in [-0.4, -0.2) is 103 Å². The number of amides is 2. The number of benzene rings is 1. The summed E-state index contributed by atoms with van der Waals surface area (Å²) in [5.74, 6) is -1.58. The van der Waals surface area contributed by atoms with E-state index in [0.717, 1.165) is 52.0 Å². The topological polar surface area (TPSA) is 172 Å². The molecule has 2 aliphatic heterocycles. The van der Waals surface area contributed by atoms with Crippen molar-refractivity contribution in [3.05, 3.63) is 34.9 Å². The summed E-state index contributed by atoms with van der Waals surface area (Å²) in [4.78, 5) is 49.1. The van der Waals surface area contributed by atoms with E-state index in [4.69, 9.17) is 37.0 Å². The molecule has 2 atom stereocenters. The number of anilines is 1. The summed E-state index contributed by atoms with van der Waals surface area (Å²) in [6.07, 6.45) is 3.83. The smallest absolute Gasteiger partial charge is 0.328 e. The molecule has 0 unspecified atom stereocenters. The van der Waals surface area contributed by atoms with E-state index >= 15 is 0 Å². The molecule has 0 bridgehead atoms. The van der Waals surface area contributed by atoms with Crippen molar-refractivity contribution in [2.24, 2.45) is 11.3 Å². The minimum Gasteiger partial charge on any atom is -0.496 e. The highest BCUT2D eigenvalue weighted by molar-refractivity contribution is 6.33. The fourth-order valence-electron chi connectivity index (χ4n) is 5.01. The number of nitrogens with zero attached hydrogens (tertiary/aromatic N) is 2. The Morgan fingerprint density at radius 2 is 1.64 bits per heavy atom. The molecule has 42 heavy (non-hydrogen) atoms. The van der Waals surface area contributed by atoms with Crippen LogP contribution in [0.25, 0.3) is 0 Å². The molecule has 234 valence electrons. The maximum absolute atomic E-state index is 13.0. The standard InChI is InChI=1S/C25H39ClN4O4.C4H4O4/c1-25(2,3)24(32)30-10-6-16(7-11-30)14-29-9-8-20(22(15-29)34-5)28-23(31)17-12-18(26)19(27)13-21(17)33-4;5-3(6)1-2-4(7)8/h12-13,16,20,22H,6-11,14-15,27H2,1-5H3,(H,28,31);1-2H,(H,5,6)(H,7,8)/b;2-1-/t20-,22+;/m1./s1. The Morgan fingerprint density at radius 3 is 2.14 bits per heavy atom. The van der Waals surface area contributed by atoms with Crippen LogP contribution in [0.1, 0.15) is 50.4 Å². The minimum atomic E-state index is -1.26. The molecule has 13 heteroatoms. The lowest BCUT2D eigenvalue weighted by Crippen LogP contribution is -2.56. The highest BCUT2D eigenvalue weighted by atomic mass is 35.5. The zero-order valence-corrected chi connectivity index (χ0v) is 25.6. The number of carboxylic acid groups (broad SMARTS) is 2. The number of hydrogen-bond donors (Lipinski definition) is 4. The van der Waals surface area contributed by atoms with Gasteiger partial charge in [0.1, 0.15) is 5.75 Å². The van der Waals surface area contributed by atoms with Gasteiger partial charge in [0.2, 0.25) is 5.91 Å². The molecular weight excluding hydrogens is 568 g/mol. The van der Waals surface area contributed by atoms with E-state index < -0.39 is 11.9 Å². The Morgan fingerprint density at radius 1 is 1.05 bits per heavy atom. The van der Waals surface area contributed by atoms with Crippen molar-refractivity contribution in [1.29, 1.82) is 0 Å². The van der Waals surface area contributed by atoms with Crippen molar-refractivity contribution in [2.75, 3.05) is 52.7 Å². The number of rotatable bonds is 8. The van der Waals surface area contributed by atoms with Crippen LogP contribution < -0.4 is 15.8 Å². The van der Waals surface area contributed by atoms with Gasteiger partial charge in [-0.25, -0.2) is 9.59 Å². The van der Waals surface area contributed by atoms with Gasteiger partial charge >= 0.3 is 11.9 Å². The third-order valence-electron chi connectivity index (χ3n) is 7.25. The molecular formula is C29H43ClN4O8. The number of carbonyl (C=O) groups excluding carboxylic acids is 2. The minimum absolute atomic E-state index is 0.110. The Hall–Kier alpha value is -3.35. The van der Waals surface area contributed by atoms with Crippen molar-refractivity contribution in [1.82, 2.24) is 15.1 Å². The van der Waals surface area contributed by atoms with Crippen LogP contribution in [0.4, 0.5) is 5.69 Å². The van der Waals surface area contributed by atoms with Crippen LogP contribution in [0.2, 0.25) is 5.02 Å². The maximum atomic E-state index is 13.0. The van der Waals surface area contributed by atoms with Crippen LogP contribution in [0.15, 0.2) is 24.3 Å². The number of halogens is 1. The van der Waals surface area contributed by atoms with Crippen LogP contribution >= 0.6 is 11.6 Å². The van der Waals surface area contributed by atoms with Gasteiger partial charge in [-0.15, -0.1) is 0 Å². The summed E-state index contributed by atoms with van der Waals surface area (Å²) in [5.41, 5.74) is 6.24. The monoisotopic (exact) mass is 610 g/mol. The number of hydrogen-bond acceptors (Lipinski definition) is 8. The molecule has 5 N–H and O–H groups in total. The normalized spacial score (nSPS) is 20.0. The molecule has 12 nitrogen and oxygen atoms in total. The Bertz CT molecular complexity index is 1130. The second kappa shape index (κ2) is 15.8.